The molecule has 0 aliphatic carbocycles. The van der Waals surface area contributed by atoms with E-state index in [1.165, 1.54) is 0 Å². The van der Waals surface area contributed by atoms with Gasteiger partial charge in [-0.25, -0.2) is 0 Å². The van der Waals surface area contributed by atoms with Gasteiger partial charge >= 0.3 is 0 Å². The SMILES string of the molecule is C=CCOCC(O)CN(c1ccccc1)c1ccccc1. The van der Waals surface area contributed by atoms with Crippen molar-refractivity contribution in [1.82, 2.24) is 0 Å². The minimum atomic E-state index is -0.564. The number of ether oxygens (including phenoxy) is 1. The summed E-state index contributed by atoms with van der Waals surface area (Å²) >= 11 is 0. The summed E-state index contributed by atoms with van der Waals surface area (Å²) < 4.78 is 5.32. The number of anilines is 2. The van der Waals surface area contributed by atoms with Crippen molar-refractivity contribution in [3.05, 3.63) is 73.3 Å². The molecule has 0 radical (unpaired) electrons. The maximum Gasteiger partial charge on any atom is 0.0952 e. The lowest BCUT2D eigenvalue weighted by molar-refractivity contribution is 0.0544. The Morgan fingerprint density at radius 1 is 1.00 bits per heavy atom. The van der Waals surface area contributed by atoms with Gasteiger partial charge in [-0.2, -0.15) is 0 Å². The van der Waals surface area contributed by atoms with Crippen molar-refractivity contribution in [3.8, 4) is 0 Å². The fourth-order valence-corrected chi connectivity index (χ4v) is 2.13. The maximum absolute atomic E-state index is 10.2. The molecule has 0 amide bonds. The van der Waals surface area contributed by atoms with Crippen LogP contribution in [0.15, 0.2) is 73.3 Å². The van der Waals surface area contributed by atoms with Crippen molar-refractivity contribution in [3.63, 3.8) is 0 Å². The molecule has 0 aliphatic heterocycles. The third-order valence-electron chi connectivity index (χ3n) is 3.07. The average molecular weight is 283 g/mol. The van der Waals surface area contributed by atoms with Gasteiger partial charge in [-0.05, 0) is 24.3 Å². The van der Waals surface area contributed by atoms with Gasteiger partial charge in [0, 0.05) is 11.4 Å². The van der Waals surface area contributed by atoms with E-state index in [1.807, 2.05) is 60.7 Å². The van der Waals surface area contributed by atoms with Crippen molar-refractivity contribution in [2.24, 2.45) is 0 Å². The summed E-state index contributed by atoms with van der Waals surface area (Å²) in [6, 6.07) is 20.1. The van der Waals surface area contributed by atoms with Gasteiger partial charge in [0.05, 0.1) is 25.9 Å². The molecular formula is C18H21NO2. The van der Waals surface area contributed by atoms with E-state index in [2.05, 4.69) is 11.5 Å². The number of hydrogen-bond donors (Lipinski definition) is 1. The predicted molar refractivity (Wildman–Crippen MR) is 86.9 cm³/mol. The Hall–Kier alpha value is -2.10. The Balaban J connectivity index is 2.11. The van der Waals surface area contributed by atoms with Crippen molar-refractivity contribution < 1.29 is 9.84 Å². The molecule has 2 aromatic carbocycles. The first-order valence-corrected chi connectivity index (χ1v) is 7.05. The van der Waals surface area contributed by atoms with Gasteiger partial charge < -0.3 is 14.7 Å². The summed E-state index contributed by atoms with van der Waals surface area (Å²) in [5.41, 5.74) is 2.10. The molecule has 1 unspecified atom stereocenters. The van der Waals surface area contributed by atoms with E-state index < -0.39 is 6.10 Å². The van der Waals surface area contributed by atoms with Crippen LogP contribution >= 0.6 is 0 Å². The van der Waals surface area contributed by atoms with Crippen LogP contribution in [0.2, 0.25) is 0 Å². The summed E-state index contributed by atoms with van der Waals surface area (Å²) in [5.74, 6) is 0. The van der Waals surface area contributed by atoms with Gasteiger partial charge in [0.1, 0.15) is 0 Å². The molecule has 0 aromatic heterocycles. The highest BCUT2D eigenvalue weighted by Gasteiger charge is 2.14. The van der Waals surface area contributed by atoms with E-state index in [0.29, 0.717) is 19.8 Å². The molecule has 0 saturated heterocycles. The molecule has 1 N–H and O–H groups in total. The minimum Gasteiger partial charge on any atom is -0.389 e. The van der Waals surface area contributed by atoms with Crippen molar-refractivity contribution >= 4 is 11.4 Å². The molecule has 0 heterocycles. The molecule has 0 saturated carbocycles. The molecule has 2 aromatic rings. The molecule has 0 bridgehead atoms. The number of rotatable bonds is 8. The molecule has 3 heteroatoms. The van der Waals surface area contributed by atoms with Gasteiger partial charge in [-0.1, -0.05) is 42.5 Å². The van der Waals surface area contributed by atoms with Crippen LogP contribution in [-0.4, -0.2) is 31.0 Å². The highest BCUT2D eigenvalue weighted by atomic mass is 16.5. The van der Waals surface area contributed by atoms with Gasteiger partial charge in [-0.3, -0.25) is 0 Å². The predicted octanol–water partition coefficient (Wildman–Crippen LogP) is 3.39. The number of aliphatic hydroxyl groups excluding tert-OH is 1. The third-order valence-corrected chi connectivity index (χ3v) is 3.07. The van der Waals surface area contributed by atoms with Crippen molar-refractivity contribution in [2.75, 3.05) is 24.7 Å². The maximum atomic E-state index is 10.2. The van der Waals surface area contributed by atoms with Crippen LogP contribution in [0.25, 0.3) is 0 Å². The van der Waals surface area contributed by atoms with Crippen LogP contribution in [0.4, 0.5) is 11.4 Å². The number of para-hydroxylation sites is 2. The smallest absolute Gasteiger partial charge is 0.0952 e. The molecule has 3 nitrogen and oxygen atoms in total. The highest BCUT2D eigenvalue weighted by Crippen LogP contribution is 2.24. The summed E-state index contributed by atoms with van der Waals surface area (Å²) in [7, 11) is 0. The van der Waals surface area contributed by atoms with E-state index >= 15 is 0 Å². The lowest BCUT2D eigenvalue weighted by atomic mass is 10.2. The Bertz CT molecular complexity index is 488. The zero-order chi connectivity index (χ0) is 14.9. The van der Waals surface area contributed by atoms with Crippen LogP contribution in [0.1, 0.15) is 0 Å². The second-order valence-corrected chi connectivity index (χ2v) is 4.76. The molecule has 0 spiro atoms. The molecule has 1 atom stereocenters. The Morgan fingerprint density at radius 2 is 1.52 bits per heavy atom. The molecule has 0 fully saturated rings. The van der Waals surface area contributed by atoms with Crippen LogP contribution in [0, 0.1) is 0 Å². The summed E-state index contributed by atoms with van der Waals surface area (Å²) in [5, 5.41) is 10.2. The van der Waals surface area contributed by atoms with E-state index in [0.717, 1.165) is 11.4 Å². The van der Waals surface area contributed by atoms with Crippen molar-refractivity contribution in [1.29, 1.82) is 0 Å². The number of nitrogens with zero attached hydrogens (tertiary/aromatic N) is 1. The van der Waals surface area contributed by atoms with E-state index in [4.69, 9.17) is 4.74 Å². The van der Waals surface area contributed by atoms with Gasteiger partial charge in [0.15, 0.2) is 0 Å². The van der Waals surface area contributed by atoms with Crippen LogP contribution in [0.5, 0.6) is 0 Å². The molecule has 110 valence electrons. The Kier molecular flexibility index (Phi) is 6.00. The molecule has 0 aliphatic rings. The quantitative estimate of drug-likeness (QED) is 0.595. The molecule has 2 rings (SSSR count). The van der Waals surface area contributed by atoms with Crippen LogP contribution in [0.3, 0.4) is 0 Å². The summed E-state index contributed by atoms with van der Waals surface area (Å²) in [6.45, 7) is 4.82. The fraction of sp³-hybridized carbons (Fsp3) is 0.222. The summed E-state index contributed by atoms with van der Waals surface area (Å²) in [4.78, 5) is 2.09. The number of aliphatic hydroxyl groups is 1. The van der Waals surface area contributed by atoms with E-state index in [1.54, 1.807) is 6.08 Å². The van der Waals surface area contributed by atoms with Crippen LogP contribution < -0.4 is 4.90 Å². The van der Waals surface area contributed by atoms with Crippen molar-refractivity contribution in [2.45, 2.75) is 6.10 Å². The van der Waals surface area contributed by atoms with Gasteiger partial charge in [0.2, 0.25) is 0 Å². The normalized spacial score (nSPS) is 11.9. The largest absolute Gasteiger partial charge is 0.389 e. The molecule has 21 heavy (non-hydrogen) atoms. The third kappa shape index (κ3) is 4.74. The first-order valence-electron chi connectivity index (χ1n) is 7.05. The Labute approximate surface area is 126 Å². The van der Waals surface area contributed by atoms with E-state index in [9.17, 15) is 5.11 Å². The fourth-order valence-electron chi connectivity index (χ4n) is 2.13. The highest BCUT2D eigenvalue weighted by molar-refractivity contribution is 5.62. The topological polar surface area (TPSA) is 32.7 Å². The first kappa shape index (κ1) is 15.3. The Morgan fingerprint density at radius 3 is 2.00 bits per heavy atom. The average Bonchev–Trinajstić information content (AvgIpc) is 2.54. The number of benzene rings is 2. The zero-order valence-corrected chi connectivity index (χ0v) is 12.1. The standard InChI is InChI=1S/C18H21NO2/c1-2-13-21-15-18(20)14-19(16-9-5-3-6-10-16)17-11-7-4-8-12-17/h2-12,18,20H,1,13-15H2. The first-order chi connectivity index (χ1) is 10.3. The second kappa shape index (κ2) is 8.25. The summed E-state index contributed by atoms with van der Waals surface area (Å²) in [6.07, 6.45) is 1.11. The minimum absolute atomic E-state index is 0.294. The van der Waals surface area contributed by atoms with Gasteiger partial charge in [0.25, 0.3) is 0 Å². The van der Waals surface area contributed by atoms with E-state index in [-0.39, 0.29) is 0 Å². The lowest BCUT2D eigenvalue weighted by Gasteiger charge is -2.27. The zero-order valence-electron chi connectivity index (χ0n) is 12.1. The van der Waals surface area contributed by atoms with Gasteiger partial charge in [-0.15, -0.1) is 6.58 Å². The van der Waals surface area contributed by atoms with Crippen LogP contribution in [-0.2, 0) is 4.74 Å². The monoisotopic (exact) mass is 283 g/mol. The lowest BCUT2D eigenvalue weighted by Crippen LogP contribution is -2.31. The second-order valence-electron chi connectivity index (χ2n) is 4.76. The number of hydrogen-bond acceptors (Lipinski definition) is 3. The molecular weight excluding hydrogens is 262 g/mol.